The Balaban J connectivity index is 2.02. The summed E-state index contributed by atoms with van der Waals surface area (Å²) >= 11 is 6.26. The van der Waals surface area contributed by atoms with E-state index in [9.17, 15) is 9.59 Å². The quantitative estimate of drug-likeness (QED) is 0.840. The highest BCUT2D eigenvalue weighted by atomic mass is 35.5. The Hall–Kier alpha value is -1.55. The third kappa shape index (κ3) is 2.00. The molecule has 0 bridgehead atoms. The highest BCUT2D eigenvalue weighted by Crippen LogP contribution is 2.37. The lowest BCUT2D eigenvalue weighted by atomic mass is 9.90. The van der Waals surface area contributed by atoms with E-state index in [1.807, 2.05) is 0 Å². The van der Waals surface area contributed by atoms with Gasteiger partial charge in [0.25, 0.3) is 0 Å². The predicted octanol–water partition coefficient (Wildman–Crippen LogP) is 1.87. The summed E-state index contributed by atoms with van der Waals surface area (Å²) in [5.74, 6) is 0.138. The third-order valence-corrected chi connectivity index (χ3v) is 4.34. The molecule has 2 saturated heterocycles. The lowest BCUT2D eigenvalue weighted by Crippen LogP contribution is -2.46. The number of para-hydroxylation sites is 1. The first-order valence-corrected chi connectivity index (χ1v) is 6.88. The maximum Gasteiger partial charge on any atom is 0.225 e. The van der Waals surface area contributed by atoms with E-state index < -0.39 is 0 Å². The molecule has 2 fully saturated rings. The number of carbonyl (C=O) groups excluding carboxylic acids is 2. The van der Waals surface area contributed by atoms with Crippen LogP contribution in [0.1, 0.15) is 23.2 Å². The van der Waals surface area contributed by atoms with Crippen molar-refractivity contribution >= 4 is 29.5 Å². The molecule has 2 heterocycles. The molecule has 1 aromatic rings. The second kappa shape index (κ2) is 4.85. The summed E-state index contributed by atoms with van der Waals surface area (Å²) in [4.78, 5) is 25.1. The molecule has 100 valence electrons. The van der Waals surface area contributed by atoms with Gasteiger partial charge in [-0.2, -0.15) is 0 Å². The van der Waals surface area contributed by atoms with E-state index >= 15 is 0 Å². The van der Waals surface area contributed by atoms with Crippen molar-refractivity contribution in [1.82, 2.24) is 5.32 Å². The Kier molecular flexibility index (Phi) is 3.19. The van der Waals surface area contributed by atoms with E-state index in [1.54, 1.807) is 18.2 Å². The number of hydrogen-bond acceptors (Lipinski definition) is 3. The molecule has 2 unspecified atom stereocenters. The number of aldehydes is 1. The van der Waals surface area contributed by atoms with Gasteiger partial charge in [0.2, 0.25) is 5.91 Å². The number of piperidine rings is 1. The number of amides is 1. The van der Waals surface area contributed by atoms with E-state index in [2.05, 4.69) is 10.2 Å². The van der Waals surface area contributed by atoms with Gasteiger partial charge in [-0.3, -0.25) is 9.59 Å². The molecule has 0 spiro atoms. The maximum atomic E-state index is 11.8. The van der Waals surface area contributed by atoms with Crippen LogP contribution in [0.25, 0.3) is 0 Å². The molecule has 2 aliphatic rings. The van der Waals surface area contributed by atoms with Crippen molar-refractivity contribution in [2.24, 2.45) is 5.92 Å². The minimum atomic E-state index is 0.0181. The van der Waals surface area contributed by atoms with Gasteiger partial charge in [0, 0.05) is 18.7 Å². The van der Waals surface area contributed by atoms with Gasteiger partial charge in [0.05, 0.1) is 22.7 Å². The van der Waals surface area contributed by atoms with Crippen molar-refractivity contribution in [3.05, 3.63) is 28.8 Å². The van der Waals surface area contributed by atoms with Crippen LogP contribution in [0.2, 0.25) is 5.02 Å². The molecule has 5 heteroatoms. The van der Waals surface area contributed by atoms with Crippen molar-refractivity contribution in [3.63, 3.8) is 0 Å². The van der Waals surface area contributed by atoms with Gasteiger partial charge in [-0.25, -0.2) is 0 Å². The van der Waals surface area contributed by atoms with Crippen molar-refractivity contribution < 1.29 is 9.59 Å². The first-order chi connectivity index (χ1) is 9.22. The number of nitrogens with one attached hydrogen (secondary N) is 1. The van der Waals surface area contributed by atoms with Crippen LogP contribution in [0.4, 0.5) is 5.69 Å². The number of hydrogen-bond donors (Lipinski definition) is 1. The summed E-state index contributed by atoms with van der Waals surface area (Å²) in [6.07, 6.45) is 2.68. The van der Waals surface area contributed by atoms with E-state index in [1.165, 1.54) is 0 Å². The molecular weight excluding hydrogens is 264 g/mol. The van der Waals surface area contributed by atoms with Crippen molar-refractivity contribution in [1.29, 1.82) is 0 Å². The fraction of sp³-hybridized carbons (Fsp3) is 0.429. The SMILES string of the molecule is O=Cc1cccc(Cl)c1N1CCCC2C(=O)NCC21. The Labute approximate surface area is 116 Å². The predicted molar refractivity (Wildman–Crippen MR) is 73.7 cm³/mol. The average molecular weight is 279 g/mol. The van der Waals surface area contributed by atoms with Crippen LogP contribution < -0.4 is 10.2 Å². The number of carbonyl (C=O) groups is 2. The zero-order chi connectivity index (χ0) is 13.4. The van der Waals surface area contributed by atoms with Crippen molar-refractivity contribution in [3.8, 4) is 0 Å². The van der Waals surface area contributed by atoms with Gasteiger partial charge in [0.15, 0.2) is 6.29 Å². The van der Waals surface area contributed by atoms with Crippen LogP contribution >= 0.6 is 11.6 Å². The van der Waals surface area contributed by atoms with Gasteiger partial charge in [-0.05, 0) is 25.0 Å². The number of fused-ring (bicyclic) bond motifs is 1. The zero-order valence-electron chi connectivity index (χ0n) is 10.4. The van der Waals surface area contributed by atoms with E-state index in [0.29, 0.717) is 17.1 Å². The summed E-state index contributed by atoms with van der Waals surface area (Å²) in [6.45, 7) is 1.47. The Morgan fingerprint density at radius 2 is 2.26 bits per heavy atom. The van der Waals surface area contributed by atoms with Gasteiger partial charge in [-0.1, -0.05) is 17.7 Å². The standard InChI is InChI=1S/C14H15ClN2O2/c15-11-5-1-3-9(8-18)13(11)17-6-2-4-10-12(17)7-16-14(10)19/h1,3,5,8,10,12H,2,4,6-7H2,(H,16,19). The monoisotopic (exact) mass is 278 g/mol. The smallest absolute Gasteiger partial charge is 0.225 e. The number of benzene rings is 1. The summed E-state index contributed by atoms with van der Waals surface area (Å²) in [5, 5.41) is 3.48. The van der Waals surface area contributed by atoms with Crippen molar-refractivity contribution in [2.45, 2.75) is 18.9 Å². The molecule has 0 aliphatic carbocycles. The fourth-order valence-electron chi connectivity index (χ4n) is 3.16. The second-order valence-corrected chi connectivity index (χ2v) is 5.46. The topological polar surface area (TPSA) is 49.4 Å². The highest BCUT2D eigenvalue weighted by Gasteiger charge is 2.41. The minimum absolute atomic E-state index is 0.0181. The molecule has 1 aromatic carbocycles. The molecular formula is C14H15ClN2O2. The molecule has 0 saturated carbocycles. The molecule has 3 rings (SSSR count). The number of nitrogens with zero attached hydrogens (tertiary/aromatic N) is 1. The molecule has 4 nitrogen and oxygen atoms in total. The van der Waals surface area contributed by atoms with Crippen LogP contribution in [0.5, 0.6) is 0 Å². The lowest BCUT2D eigenvalue weighted by Gasteiger charge is -2.38. The van der Waals surface area contributed by atoms with Gasteiger partial charge in [0.1, 0.15) is 0 Å². The van der Waals surface area contributed by atoms with Crippen LogP contribution in [-0.4, -0.2) is 31.3 Å². The summed E-state index contributed by atoms with van der Waals surface area (Å²) in [7, 11) is 0. The molecule has 1 N–H and O–H groups in total. The van der Waals surface area contributed by atoms with Gasteiger partial charge >= 0.3 is 0 Å². The van der Waals surface area contributed by atoms with Crippen molar-refractivity contribution in [2.75, 3.05) is 18.0 Å². The maximum absolute atomic E-state index is 11.8. The summed E-state index contributed by atoms with van der Waals surface area (Å²) in [5.41, 5.74) is 1.36. The first kappa shape index (κ1) is 12.5. The number of rotatable bonds is 2. The van der Waals surface area contributed by atoms with Gasteiger partial charge < -0.3 is 10.2 Å². The molecule has 0 radical (unpaired) electrons. The van der Waals surface area contributed by atoms with Crippen LogP contribution in [0, 0.1) is 5.92 Å². The molecule has 1 amide bonds. The highest BCUT2D eigenvalue weighted by molar-refractivity contribution is 6.34. The van der Waals surface area contributed by atoms with E-state index in [0.717, 1.165) is 31.4 Å². The summed E-state index contributed by atoms with van der Waals surface area (Å²) < 4.78 is 0. The molecule has 2 atom stereocenters. The van der Waals surface area contributed by atoms with Crippen LogP contribution in [-0.2, 0) is 4.79 Å². The fourth-order valence-corrected chi connectivity index (χ4v) is 3.45. The van der Waals surface area contributed by atoms with E-state index in [4.69, 9.17) is 11.6 Å². The molecule has 2 aliphatic heterocycles. The largest absolute Gasteiger partial charge is 0.364 e. The number of halogens is 1. The van der Waals surface area contributed by atoms with Gasteiger partial charge in [-0.15, -0.1) is 0 Å². The van der Waals surface area contributed by atoms with E-state index in [-0.39, 0.29) is 17.9 Å². The lowest BCUT2D eigenvalue weighted by molar-refractivity contribution is -0.122. The average Bonchev–Trinajstić information content (AvgIpc) is 2.80. The summed E-state index contributed by atoms with van der Waals surface area (Å²) in [6, 6.07) is 5.44. The second-order valence-electron chi connectivity index (χ2n) is 5.05. The molecule has 19 heavy (non-hydrogen) atoms. The first-order valence-electron chi connectivity index (χ1n) is 6.50. The normalized spacial score (nSPS) is 25.9. The Morgan fingerprint density at radius 3 is 3.05 bits per heavy atom. The minimum Gasteiger partial charge on any atom is -0.364 e. The zero-order valence-corrected chi connectivity index (χ0v) is 11.2. The molecule has 0 aromatic heterocycles. The Morgan fingerprint density at radius 1 is 1.42 bits per heavy atom. The van der Waals surface area contributed by atoms with Crippen LogP contribution in [0.15, 0.2) is 18.2 Å². The number of anilines is 1. The van der Waals surface area contributed by atoms with Crippen LogP contribution in [0.3, 0.4) is 0 Å². The third-order valence-electron chi connectivity index (χ3n) is 4.03. The Bertz CT molecular complexity index is 532.